The van der Waals surface area contributed by atoms with Gasteiger partial charge >= 0.3 is 5.00 Å². The summed E-state index contributed by atoms with van der Waals surface area (Å²) in [6.07, 6.45) is 0. The van der Waals surface area contributed by atoms with E-state index in [2.05, 4.69) is 4.98 Å². The van der Waals surface area contributed by atoms with Crippen LogP contribution in [0.4, 0.5) is 5.00 Å². The largest absolute Gasteiger partial charge is 0.324 e. The molecule has 0 saturated carbocycles. The number of aryl methyl sites for hydroxylation is 1. The molecule has 100 valence electrons. The minimum Gasteiger partial charge on any atom is -0.258 e. The summed E-state index contributed by atoms with van der Waals surface area (Å²) in [6.45, 7) is 2.04. The second kappa shape index (κ2) is 5.15. The Bertz CT molecular complexity index is 760. The summed E-state index contributed by atoms with van der Waals surface area (Å²) in [7, 11) is 0. The smallest absolute Gasteiger partial charge is 0.258 e. The Morgan fingerprint density at radius 3 is 2.55 bits per heavy atom. The van der Waals surface area contributed by atoms with Crippen molar-refractivity contribution in [2.24, 2.45) is 0 Å². The molecule has 0 unspecified atom stereocenters. The zero-order chi connectivity index (χ0) is 14.1. The van der Waals surface area contributed by atoms with Crippen LogP contribution in [0.2, 0.25) is 0 Å². The molecule has 0 saturated heterocycles. The first-order chi connectivity index (χ1) is 9.63. The fraction of sp³-hybridized carbons (Fsp3) is 0.0714. The molecule has 6 heteroatoms. The fourth-order valence-electron chi connectivity index (χ4n) is 1.78. The van der Waals surface area contributed by atoms with Gasteiger partial charge in [-0.1, -0.05) is 41.2 Å². The monoisotopic (exact) mass is 302 g/mol. The summed E-state index contributed by atoms with van der Waals surface area (Å²) in [5, 5.41) is 13.7. The number of thiophene rings is 1. The maximum absolute atomic E-state index is 10.7. The lowest BCUT2D eigenvalue weighted by Gasteiger charge is -1.96. The van der Waals surface area contributed by atoms with E-state index in [1.165, 1.54) is 11.6 Å². The van der Waals surface area contributed by atoms with Crippen molar-refractivity contribution >= 4 is 27.7 Å². The molecule has 20 heavy (non-hydrogen) atoms. The molecule has 1 aromatic carbocycles. The van der Waals surface area contributed by atoms with Gasteiger partial charge in [-0.3, -0.25) is 10.1 Å². The topological polar surface area (TPSA) is 56.0 Å². The molecule has 4 nitrogen and oxygen atoms in total. The summed E-state index contributed by atoms with van der Waals surface area (Å²) in [6, 6.07) is 11.4. The zero-order valence-electron chi connectivity index (χ0n) is 10.6. The number of rotatable bonds is 3. The van der Waals surface area contributed by atoms with Crippen LogP contribution in [0, 0.1) is 17.0 Å². The van der Waals surface area contributed by atoms with Crippen molar-refractivity contribution in [1.82, 2.24) is 4.98 Å². The van der Waals surface area contributed by atoms with Crippen molar-refractivity contribution < 1.29 is 4.92 Å². The Morgan fingerprint density at radius 1 is 1.15 bits per heavy atom. The zero-order valence-corrected chi connectivity index (χ0v) is 12.2. The van der Waals surface area contributed by atoms with Gasteiger partial charge in [-0.05, 0) is 13.0 Å². The first-order valence-corrected chi connectivity index (χ1v) is 7.60. The average Bonchev–Trinajstić information content (AvgIpc) is 3.08. The lowest BCUT2D eigenvalue weighted by Crippen LogP contribution is -1.80. The third-order valence-corrected chi connectivity index (χ3v) is 4.78. The van der Waals surface area contributed by atoms with Crippen LogP contribution in [-0.2, 0) is 0 Å². The number of nitro groups is 1. The Balaban J connectivity index is 1.93. The highest BCUT2D eigenvalue weighted by molar-refractivity contribution is 7.19. The SMILES string of the molecule is Cc1ccc(-c2nc(-c3ccc([N+](=O)[O-])s3)cs2)cc1. The predicted octanol–water partition coefficient (Wildman–Crippen LogP) is 4.76. The van der Waals surface area contributed by atoms with Crippen molar-refractivity contribution in [1.29, 1.82) is 0 Å². The number of thiazole rings is 1. The first-order valence-electron chi connectivity index (χ1n) is 5.90. The standard InChI is InChI=1S/C14H10N2O2S2/c1-9-2-4-10(5-3-9)14-15-11(8-19-14)12-6-7-13(20-12)16(17)18/h2-8H,1H3. The Kier molecular flexibility index (Phi) is 3.33. The summed E-state index contributed by atoms with van der Waals surface area (Å²) in [5.41, 5.74) is 3.07. The maximum Gasteiger partial charge on any atom is 0.324 e. The lowest BCUT2D eigenvalue weighted by molar-refractivity contribution is -0.380. The number of hydrogen-bond donors (Lipinski definition) is 0. The van der Waals surface area contributed by atoms with Crippen LogP contribution in [0.5, 0.6) is 0 Å². The van der Waals surface area contributed by atoms with Gasteiger partial charge in [-0.15, -0.1) is 11.3 Å². The molecule has 0 aliphatic rings. The van der Waals surface area contributed by atoms with Crippen molar-refractivity contribution in [3.05, 3.63) is 57.5 Å². The van der Waals surface area contributed by atoms with Gasteiger partial charge in [0.15, 0.2) is 0 Å². The molecule has 2 aromatic heterocycles. The van der Waals surface area contributed by atoms with Crippen LogP contribution in [0.15, 0.2) is 41.8 Å². The van der Waals surface area contributed by atoms with E-state index in [4.69, 9.17) is 0 Å². The van der Waals surface area contributed by atoms with Crippen molar-refractivity contribution in [2.75, 3.05) is 0 Å². The molecule has 0 aliphatic carbocycles. The van der Waals surface area contributed by atoms with Gasteiger partial charge < -0.3 is 0 Å². The van der Waals surface area contributed by atoms with Gasteiger partial charge in [-0.2, -0.15) is 0 Å². The van der Waals surface area contributed by atoms with Crippen molar-refractivity contribution in [3.8, 4) is 21.1 Å². The number of nitrogens with zero attached hydrogens (tertiary/aromatic N) is 2. The molecular weight excluding hydrogens is 292 g/mol. The summed E-state index contributed by atoms with van der Waals surface area (Å²) >= 11 is 2.70. The highest BCUT2D eigenvalue weighted by Gasteiger charge is 2.13. The third-order valence-electron chi connectivity index (χ3n) is 2.83. The number of benzene rings is 1. The van der Waals surface area contributed by atoms with E-state index in [1.54, 1.807) is 17.4 Å². The van der Waals surface area contributed by atoms with Gasteiger partial charge in [0.1, 0.15) is 5.01 Å². The van der Waals surface area contributed by atoms with Crippen molar-refractivity contribution in [3.63, 3.8) is 0 Å². The van der Waals surface area contributed by atoms with Crippen LogP contribution < -0.4 is 0 Å². The van der Waals surface area contributed by atoms with E-state index in [1.807, 2.05) is 36.6 Å². The molecule has 0 atom stereocenters. The molecule has 2 heterocycles. The van der Waals surface area contributed by atoms with Crippen LogP contribution >= 0.6 is 22.7 Å². The molecule has 0 fully saturated rings. The maximum atomic E-state index is 10.7. The molecule has 0 radical (unpaired) electrons. The molecule has 0 spiro atoms. The van der Waals surface area contributed by atoms with Crippen LogP contribution in [-0.4, -0.2) is 9.91 Å². The Morgan fingerprint density at radius 2 is 1.90 bits per heavy atom. The summed E-state index contributed by atoms with van der Waals surface area (Å²) < 4.78 is 0. The van der Waals surface area contributed by atoms with Gasteiger partial charge in [0.25, 0.3) is 0 Å². The van der Waals surface area contributed by atoms with E-state index < -0.39 is 0 Å². The first kappa shape index (κ1) is 13.0. The highest BCUT2D eigenvalue weighted by atomic mass is 32.1. The Labute approximate surface area is 123 Å². The number of hydrogen-bond acceptors (Lipinski definition) is 5. The van der Waals surface area contributed by atoms with Crippen LogP contribution in [0.25, 0.3) is 21.1 Å². The lowest BCUT2D eigenvalue weighted by atomic mass is 10.2. The fourth-order valence-corrected chi connectivity index (χ4v) is 3.46. The quantitative estimate of drug-likeness (QED) is 0.518. The van der Waals surface area contributed by atoms with Crippen LogP contribution in [0.3, 0.4) is 0 Å². The minimum atomic E-state index is -0.374. The molecule has 0 N–H and O–H groups in total. The molecular formula is C14H10N2O2S2. The summed E-state index contributed by atoms with van der Waals surface area (Å²) in [4.78, 5) is 15.7. The molecule has 3 aromatic rings. The summed E-state index contributed by atoms with van der Waals surface area (Å²) in [5.74, 6) is 0. The third kappa shape index (κ3) is 2.48. The normalized spacial score (nSPS) is 10.7. The molecule has 0 aliphatic heterocycles. The second-order valence-corrected chi connectivity index (χ2v) is 6.22. The van der Waals surface area contributed by atoms with E-state index in [0.29, 0.717) is 0 Å². The predicted molar refractivity (Wildman–Crippen MR) is 82.3 cm³/mol. The molecule has 3 rings (SSSR count). The molecule has 0 amide bonds. The van der Waals surface area contributed by atoms with E-state index in [0.717, 1.165) is 32.5 Å². The minimum absolute atomic E-state index is 0.143. The van der Waals surface area contributed by atoms with Gasteiger partial charge in [-0.25, -0.2) is 4.98 Å². The van der Waals surface area contributed by atoms with Gasteiger partial charge in [0.05, 0.1) is 15.5 Å². The van der Waals surface area contributed by atoms with Crippen LogP contribution in [0.1, 0.15) is 5.56 Å². The van der Waals surface area contributed by atoms with Gasteiger partial charge in [0.2, 0.25) is 0 Å². The van der Waals surface area contributed by atoms with E-state index in [9.17, 15) is 10.1 Å². The van der Waals surface area contributed by atoms with E-state index in [-0.39, 0.29) is 9.92 Å². The molecule has 0 bridgehead atoms. The number of aromatic nitrogens is 1. The van der Waals surface area contributed by atoms with Crippen molar-refractivity contribution in [2.45, 2.75) is 6.92 Å². The van der Waals surface area contributed by atoms with E-state index >= 15 is 0 Å². The average molecular weight is 302 g/mol. The van der Waals surface area contributed by atoms with Gasteiger partial charge in [0, 0.05) is 17.0 Å². The highest BCUT2D eigenvalue weighted by Crippen LogP contribution is 2.35. The second-order valence-electron chi connectivity index (χ2n) is 4.30. The Hall–Kier alpha value is -2.05.